The Labute approximate surface area is 174 Å². The number of sulfonamides is 1. The molecule has 1 amide bonds. The summed E-state index contributed by atoms with van der Waals surface area (Å²) in [6.07, 6.45) is 1.10. The third-order valence-electron chi connectivity index (χ3n) is 5.07. The van der Waals surface area contributed by atoms with E-state index in [9.17, 15) is 23.3 Å². The molecule has 0 radical (unpaired) electrons. The van der Waals surface area contributed by atoms with Crippen LogP contribution >= 0.6 is 0 Å². The predicted octanol–water partition coefficient (Wildman–Crippen LogP) is 2.95. The number of aryl methyl sites for hydroxylation is 1. The fraction of sp³-hybridized carbons (Fsp3) is 0.350. The van der Waals surface area contributed by atoms with E-state index in [0.29, 0.717) is 25.1 Å². The van der Waals surface area contributed by atoms with Gasteiger partial charge >= 0.3 is 0 Å². The molecule has 1 unspecified atom stereocenters. The maximum atomic E-state index is 12.9. The Bertz CT molecular complexity index is 1050. The highest BCUT2D eigenvalue weighted by Crippen LogP contribution is 2.31. The van der Waals surface area contributed by atoms with Crippen molar-refractivity contribution in [3.8, 4) is 5.75 Å². The summed E-state index contributed by atoms with van der Waals surface area (Å²) >= 11 is 0. The van der Waals surface area contributed by atoms with E-state index < -0.39 is 20.9 Å². The molecule has 2 aromatic carbocycles. The smallest absolute Gasteiger partial charge is 0.273 e. The Balaban J connectivity index is 1.75. The quantitative estimate of drug-likeness (QED) is 0.553. The van der Waals surface area contributed by atoms with Crippen molar-refractivity contribution in [3.05, 3.63) is 58.1 Å². The molecule has 1 saturated heterocycles. The molecule has 2 aromatic rings. The number of carbonyl (C=O) groups excluding carboxylic acids is 1. The molecular formula is C20H23N3O6S. The lowest BCUT2D eigenvalue weighted by Gasteiger charge is -2.31. The highest BCUT2D eigenvalue weighted by Gasteiger charge is 2.33. The summed E-state index contributed by atoms with van der Waals surface area (Å²) in [5.41, 5.74) is 1.10. The lowest BCUT2D eigenvalue weighted by atomic mass is 9.98. The van der Waals surface area contributed by atoms with E-state index in [1.165, 1.54) is 29.6 Å². The summed E-state index contributed by atoms with van der Waals surface area (Å²) < 4.78 is 32.3. The monoisotopic (exact) mass is 433 g/mol. The van der Waals surface area contributed by atoms with Gasteiger partial charge in [0.15, 0.2) is 0 Å². The van der Waals surface area contributed by atoms with Crippen LogP contribution in [0.4, 0.5) is 11.4 Å². The number of anilines is 1. The Morgan fingerprint density at radius 2 is 1.93 bits per heavy atom. The normalized spacial score (nSPS) is 17.3. The average Bonchev–Trinajstić information content (AvgIpc) is 2.74. The molecule has 0 aromatic heterocycles. The second-order valence-electron chi connectivity index (χ2n) is 7.15. The minimum atomic E-state index is -3.69. The van der Waals surface area contributed by atoms with E-state index in [2.05, 4.69) is 5.32 Å². The summed E-state index contributed by atoms with van der Waals surface area (Å²) in [6, 6.07) is 10.5. The number of hydrogen-bond acceptors (Lipinski definition) is 6. The van der Waals surface area contributed by atoms with Gasteiger partial charge in [-0.25, -0.2) is 8.42 Å². The molecule has 0 aliphatic carbocycles. The van der Waals surface area contributed by atoms with E-state index in [1.54, 1.807) is 24.3 Å². The van der Waals surface area contributed by atoms with Crippen molar-refractivity contribution in [2.45, 2.75) is 24.7 Å². The number of amides is 1. The number of carbonyl (C=O) groups is 1. The first-order valence-electron chi connectivity index (χ1n) is 9.42. The molecule has 10 heteroatoms. The topological polar surface area (TPSA) is 119 Å². The lowest BCUT2D eigenvalue weighted by molar-refractivity contribution is -0.384. The van der Waals surface area contributed by atoms with Crippen molar-refractivity contribution in [1.29, 1.82) is 0 Å². The number of nitro groups is 1. The van der Waals surface area contributed by atoms with Crippen LogP contribution in [0.5, 0.6) is 5.75 Å². The van der Waals surface area contributed by atoms with Crippen molar-refractivity contribution in [1.82, 2.24) is 4.31 Å². The van der Waals surface area contributed by atoms with Crippen LogP contribution in [-0.4, -0.2) is 43.8 Å². The highest BCUT2D eigenvalue weighted by molar-refractivity contribution is 7.89. The van der Waals surface area contributed by atoms with Crippen molar-refractivity contribution in [2.24, 2.45) is 5.92 Å². The first-order chi connectivity index (χ1) is 14.2. The molecule has 0 saturated carbocycles. The number of rotatable bonds is 6. The van der Waals surface area contributed by atoms with Gasteiger partial charge in [-0.2, -0.15) is 4.31 Å². The zero-order valence-corrected chi connectivity index (χ0v) is 17.5. The summed E-state index contributed by atoms with van der Waals surface area (Å²) in [5, 5.41) is 13.6. The van der Waals surface area contributed by atoms with Crippen LogP contribution in [0.2, 0.25) is 0 Å². The zero-order valence-electron chi connectivity index (χ0n) is 16.7. The number of nitrogens with one attached hydrogen (secondary N) is 1. The van der Waals surface area contributed by atoms with Gasteiger partial charge in [0.05, 0.1) is 34.6 Å². The van der Waals surface area contributed by atoms with Gasteiger partial charge in [0.1, 0.15) is 5.75 Å². The molecule has 30 heavy (non-hydrogen) atoms. The second-order valence-corrected chi connectivity index (χ2v) is 9.08. The highest BCUT2D eigenvalue weighted by atomic mass is 32.2. The molecule has 1 fully saturated rings. The third kappa shape index (κ3) is 4.60. The predicted molar refractivity (Wildman–Crippen MR) is 111 cm³/mol. The van der Waals surface area contributed by atoms with E-state index in [-0.39, 0.29) is 28.8 Å². The van der Waals surface area contributed by atoms with Gasteiger partial charge in [0, 0.05) is 19.2 Å². The van der Waals surface area contributed by atoms with Crippen molar-refractivity contribution in [2.75, 3.05) is 25.5 Å². The summed E-state index contributed by atoms with van der Waals surface area (Å²) in [4.78, 5) is 23.3. The maximum Gasteiger partial charge on any atom is 0.273 e. The number of piperidine rings is 1. The molecule has 0 spiro atoms. The van der Waals surface area contributed by atoms with Gasteiger partial charge in [0.2, 0.25) is 15.9 Å². The number of nitrogens with zero attached hydrogens (tertiary/aromatic N) is 2. The average molecular weight is 433 g/mol. The van der Waals surface area contributed by atoms with Crippen LogP contribution in [0, 0.1) is 23.0 Å². The van der Waals surface area contributed by atoms with E-state index in [4.69, 9.17) is 4.74 Å². The summed E-state index contributed by atoms with van der Waals surface area (Å²) in [7, 11) is -2.34. The fourth-order valence-electron chi connectivity index (χ4n) is 3.37. The number of non-ortho nitro benzene ring substituents is 1. The second kappa shape index (κ2) is 8.80. The molecule has 1 aliphatic rings. The molecule has 9 nitrogen and oxygen atoms in total. The van der Waals surface area contributed by atoms with Gasteiger partial charge in [0.25, 0.3) is 5.69 Å². The fourth-order valence-corrected chi connectivity index (χ4v) is 4.89. The molecular weight excluding hydrogens is 410 g/mol. The Kier molecular flexibility index (Phi) is 6.37. The summed E-state index contributed by atoms with van der Waals surface area (Å²) in [6.45, 7) is 2.29. The third-order valence-corrected chi connectivity index (χ3v) is 6.95. The largest absolute Gasteiger partial charge is 0.494 e. The number of hydrogen-bond donors (Lipinski definition) is 1. The molecule has 1 heterocycles. The number of nitro benzene ring substituents is 1. The molecule has 0 bridgehead atoms. The van der Waals surface area contributed by atoms with E-state index in [1.807, 2.05) is 6.92 Å². The minimum Gasteiger partial charge on any atom is -0.494 e. The van der Waals surface area contributed by atoms with Crippen LogP contribution < -0.4 is 10.1 Å². The minimum absolute atomic E-state index is 0.0668. The first-order valence-corrected chi connectivity index (χ1v) is 10.9. The van der Waals surface area contributed by atoms with Gasteiger partial charge in [-0.3, -0.25) is 14.9 Å². The number of benzene rings is 2. The van der Waals surface area contributed by atoms with Crippen LogP contribution in [0.25, 0.3) is 0 Å². The van der Waals surface area contributed by atoms with E-state index in [0.717, 1.165) is 5.56 Å². The van der Waals surface area contributed by atoms with Crippen LogP contribution in [0.1, 0.15) is 18.4 Å². The Hall–Kier alpha value is -2.98. The van der Waals surface area contributed by atoms with Crippen LogP contribution in [-0.2, 0) is 14.8 Å². The summed E-state index contributed by atoms with van der Waals surface area (Å²) in [5.74, 6) is -0.734. The van der Waals surface area contributed by atoms with Gasteiger partial charge in [-0.1, -0.05) is 17.7 Å². The van der Waals surface area contributed by atoms with Crippen molar-refractivity contribution in [3.63, 3.8) is 0 Å². The zero-order chi connectivity index (χ0) is 21.9. The number of ether oxygens (including phenoxy) is 1. The SMILES string of the molecule is COc1cc([N+](=O)[O-])ccc1NC(=O)C1CCCN(S(=O)(=O)c2ccc(C)cc2)C1. The van der Waals surface area contributed by atoms with Crippen molar-refractivity contribution < 1.29 is 22.9 Å². The standard InChI is InChI=1S/C20H23N3O6S/c1-14-5-8-17(9-6-14)30(27,28)22-11-3-4-15(13-22)20(24)21-18-10-7-16(23(25)26)12-19(18)29-2/h5-10,12,15H,3-4,11,13H2,1-2H3,(H,21,24). The molecule has 1 N–H and O–H groups in total. The molecule has 1 atom stereocenters. The lowest BCUT2D eigenvalue weighted by Crippen LogP contribution is -2.43. The molecule has 160 valence electrons. The van der Waals surface area contributed by atoms with Crippen LogP contribution in [0.15, 0.2) is 47.4 Å². The molecule has 3 rings (SSSR count). The Morgan fingerprint density at radius 3 is 2.57 bits per heavy atom. The maximum absolute atomic E-state index is 12.9. The first kappa shape index (κ1) is 21.7. The van der Waals surface area contributed by atoms with Crippen molar-refractivity contribution >= 4 is 27.3 Å². The van der Waals surface area contributed by atoms with Crippen LogP contribution in [0.3, 0.4) is 0 Å². The number of methoxy groups -OCH3 is 1. The van der Waals surface area contributed by atoms with Gasteiger partial charge in [-0.05, 0) is 38.0 Å². The van der Waals surface area contributed by atoms with Gasteiger partial charge < -0.3 is 10.1 Å². The van der Waals surface area contributed by atoms with Gasteiger partial charge in [-0.15, -0.1) is 0 Å². The molecule has 1 aliphatic heterocycles. The van der Waals surface area contributed by atoms with E-state index >= 15 is 0 Å². The Morgan fingerprint density at radius 1 is 1.23 bits per heavy atom.